The van der Waals surface area contributed by atoms with Gasteiger partial charge in [-0.1, -0.05) is 64.1 Å². The molecule has 0 saturated carbocycles. The van der Waals surface area contributed by atoms with Crippen molar-refractivity contribution >= 4 is 24.0 Å². The Hall–Kier alpha value is -3.09. The predicted molar refractivity (Wildman–Crippen MR) is 137 cm³/mol. The van der Waals surface area contributed by atoms with E-state index >= 15 is 0 Å². The molecule has 0 heterocycles. The summed E-state index contributed by atoms with van der Waals surface area (Å²) in [5.74, 6) is -0.916. The summed E-state index contributed by atoms with van der Waals surface area (Å²) in [7, 11) is 0. The first-order chi connectivity index (χ1) is 15.9. The van der Waals surface area contributed by atoms with Gasteiger partial charge in [0.2, 0.25) is 11.8 Å². The largest absolute Gasteiger partial charge is 0.444 e. The van der Waals surface area contributed by atoms with Crippen molar-refractivity contribution in [3.8, 4) is 0 Å². The average molecular weight is 472 g/mol. The monoisotopic (exact) mass is 471 g/mol. The van der Waals surface area contributed by atoms with Crippen molar-refractivity contribution in [2.75, 3.05) is 13.1 Å². The lowest BCUT2D eigenvalue weighted by Gasteiger charge is -2.35. The van der Waals surface area contributed by atoms with Crippen LogP contribution in [0.25, 0.3) is 6.08 Å². The molecule has 7 nitrogen and oxygen atoms in total. The van der Waals surface area contributed by atoms with E-state index in [1.165, 1.54) is 4.90 Å². The molecular weight excluding hydrogens is 430 g/mol. The molecule has 1 aromatic carbocycles. The average Bonchev–Trinajstić information content (AvgIpc) is 2.75. The molecule has 0 fully saturated rings. The standard InChI is InChI=1S/C27H41N3O4/c1-9-12-16-28-24(31)23(21-15-13-14-20(11-3)18-21)30(17-10-2)25(32)22(19(4)5)29-26(33)34-27(6,7)8/h10-11,13-15,18-19,22-23H,2-3,9,12,16-17H2,1,4-8H3,(H,28,31)(H,29,33). The van der Waals surface area contributed by atoms with Crippen molar-refractivity contribution in [3.63, 3.8) is 0 Å². The molecule has 2 atom stereocenters. The Morgan fingerprint density at radius 2 is 1.85 bits per heavy atom. The minimum Gasteiger partial charge on any atom is -0.444 e. The topological polar surface area (TPSA) is 87.7 Å². The number of nitrogens with zero attached hydrogens (tertiary/aromatic N) is 1. The van der Waals surface area contributed by atoms with Crippen LogP contribution in [0.5, 0.6) is 0 Å². The SMILES string of the molecule is C=CCN(C(=O)C(NC(=O)OC(C)(C)C)C(C)C)C(C(=O)NCCCC)c1cccc(C=C)c1. The van der Waals surface area contributed by atoms with Gasteiger partial charge >= 0.3 is 6.09 Å². The highest BCUT2D eigenvalue weighted by Crippen LogP contribution is 2.25. The van der Waals surface area contributed by atoms with E-state index in [-0.39, 0.29) is 24.3 Å². The molecule has 0 aliphatic carbocycles. The molecule has 0 bridgehead atoms. The molecule has 188 valence electrons. The molecule has 7 heteroatoms. The zero-order valence-electron chi connectivity index (χ0n) is 21.5. The Labute approximate surface area is 204 Å². The lowest BCUT2D eigenvalue weighted by Crippen LogP contribution is -2.55. The van der Waals surface area contributed by atoms with E-state index in [4.69, 9.17) is 4.74 Å². The number of benzene rings is 1. The molecule has 0 aromatic heterocycles. The number of alkyl carbamates (subject to hydrolysis) is 1. The van der Waals surface area contributed by atoms with Crippen molar-refractivity contribution in [2.24, 2.45) is 5.92 Å². The van der Waals surface area contributed by atoms with Gasteiger partial charge in [-0.2, -0.15) is 0 Å². The number of carbonyl (C=O) groups excluding carboxylic acids is 3. The zero-order valence-corrected chi connectivity index (χ0v) is 21.5. The highest BCUT2D eigenvalue weighted by Gasteiger charge is 2.37. The Balaban J connectivity index is 3.41. The van der Waals surface area contributed by atoms with E-state index in [0.717, 1.165) is 18.4 Å². The van der Waals surface area contributed by atoms with Crippen molar-refractivity contribution in [1.82, 2.24) is 15.5 Å². The predicted octanol–water partition coefficient (Wildman–Crippen LogP) is 4.85. The zero-order chi connectivity index (χ0) is 25.9. The van der Waals surface area contributed by atoms with E-state index < -0.39 is 23.8 Å². The van der Waals surface area contributed by atoms with Gasteiger partial charge in [-0.3, -0.25) is 9.59 Å². The van der Waals surface area contributed by atoms with Gasteiger partial charge in [0.25, 0.3) is 0 Å². The van der Waals surface area contributed by atoms with Crippen molar-refractivity contribution in [2.45, 2.75) is 72.1 Å². The first-order valence-electron chi connectivity index (χ1n) is 11.9. The first-order valence-corrected chi connectivity index (χ1v) is 11.9. The van der Waals surface area contributed by atoms with E-state index in [1.54, 1.807) is 32.9 Å². The van der Waals surface area contributed by atoms with Gasteiger partial charge in [0.15, 0.2) is 0 Å². The van der Waals surface area contributed by atoms with Gasteiger partial charge in [-0.05, 0) is 50.3 Å². The van der Waals surface area contributed by atoms with Crippen LogP contribution in [0.4, 0.5) is 4.79 Å². The molecule has 2 N–H and O–H groups in total. The maximum absolute atomic E-state index is 13.8. The first kappa shape index (κ1) is 28.9. The second-order valence-corrected chi connectivity index (χ2v) is 9.57. The summed E-state index contributed by atoms with van der Waals surface area (Å²) in [6.45, 7) is 19.2. The van der Waals surface area contributed by atoms with Crippen molar-refractivity contribution < 1.29 is 19.1 Å². The number of amides is 3. The van der Waals surface area contributed by atoms with E-state index in [2.05, 4.69) is 23.8 Å². The summed E-state index contributed by atoms with van der Waals surface area (Å²) >= 11 is 0. The Morgan fingerprint density at radius 1 is 1.18 bits per heavy atom. The van der Waals surface area contributed by atoms with Gasteiger partial charge in [0.05, 0.1) is 0 Å². The maximum Gasteiger partial charge on any atom is 0.408 e. The molecule has 1 aromatic rings. The smallest absolute Gasteiger partial charge is 0.408 e. The van der Waals surface area contributed by atoms with Crippen LogP contribution in [0.3, 0.4) is 0 Å². The number of ether oxygens (including phenoxy) is 1. The van der Waals surface area contributed by atoms with Crippen LogP contribution in [0.2, 0.25) is 0 Å². The number of hydrogen-bond donors (Lipinski definition) is 2. The van der Waals surface area contributed by atoms with Crippen LogP contribution < -0.4 is 10.6 Å². The Kier molecular flexibility index (Phi) is 11.6. The Bertz CT molecular complexity index is 858. The lowest BCUT2D eigenvalue weighted by molar-refractivity contribution is -0.142. The van der Waals surface area contributed by atoms with Crippen molar-refractivity contribution in [1.29, 1.82) is 0 Å². The summed E-state index contributed by atoms with van der Waals surface area (Å²) in [4.78, 5) is 41.1. The highest BCUT2D eigenvalue weighted by atomic mass is 16.6. The van der Waals surface area contributed by atoms with E-state index in [1.807, 2.05) is 45.0 Å². The number of rotatable bonds is 12. The molecule has 0 saturated heterocycles. The highest BCUT2D eigenvalue weighted by molar-refractivity contribution is 5.92. The van der Waals surface area contributed by atoms with Gasteiger partial charge in [0.1, 0.15) is 17.7 Å². The lowest BCUT2D eigenvalue weighted by atomic mass is 9.97. The molecule has 34 heavy (non-hydrogen) atoms. The Morgan fingerprint density at radius 3 is 2.38 bits per heavy atom. The molecule has 3 amide bonds. The normalized spacial score (nSPS) is 12.9. The van der Waals surface area contributed by atoms with Crippen LogP contribution in [0.1, 0.15) is 71.6 Å². The minimum atomic E-state index is -0.899. The molecule has 0 aliphatic heterocycles. The number of carbonyl (C=O) groups is 3. The van der Waals surface area contributed by atoms with Crippen LogP contribution in [-0.2, 0) is 14.3 Å². The molecule has 0 radical (unpaired) electrons. The summed E-state index contributed by atoms with van der Waals surface area (Å²) < 4.78 is 5.37. The van der Waals surface area contributed by atoms with E-state index in [0.29, 0.717) is 12.1 Å². The van der Waals surface area contributed by atoms with Crippen molar-refractivity contribution in [3.05, 3.63) is 54.6 Å². The third-order valence-electron chi connectivity index (χ3n) is 5.07. The van der Waals surface area contributed by atoms with Gasteiger partial charge in [-0.25, -0.2) is 4.79 Å². The molecular formula is C27H41N3O4. The third kappa shape index (κ3) is 9.04. The van der Waals surface area contributed by atoms with Gasteiger partial charge in [0, 0.05) is 13.1 Å². The molecule has 0 spiro atoms. The molecule has 1 rings (SSSR count). The molecule has 0 aliphatic rings. The summed E-state index contributed by atoms with van der Waals surface area (Å²) in [6.07, 6.45) is 4.34. The van der Waals surface area contributed by atoms with Crippen LogP contribution >= 0.6 is 0 Å². The molecule has 2 unspecified atom stereocenters. The summed E-state index contributed by atoms with van der Waals surface area (Å²) in [5.41, 5.74) is 0.783. The summed E-state index contributed by atoms with van der Waals surface area (Å²) in [5, 5.41) is 5.65. The fraction of sp³-hybridized carbons (Fsp3) is 0.519. The number of unbranched alkanes of at least 4 members (excludes halogenated alkanes) is 1. The van der Waals surface area contributed by atoms with Crippen LogP contribution in [0, 0.1) is 5.92 Å². The maximum atomic E-state index is 13.8. The van der Waals surface area contributed by atoms with Crippen LogP contribution in [-0.4, -0.2) is 47.5 Å². The fourth-order valence-corrected chi connectivity index (χ4v) is 3.40. The number of hydrogen-bond acceptors (Lipinski definition) is 4. The van der Waals surface area contributed by atoms with Gasteiger partial charge in [-0.15, -0.1) is 6.58 Å². The van der Waals surface area contributed by atoms with Crippen LogP contribution in [0.15, 0.2) is 43.5 Å². The second-order valence-electron chi connectivity index (χ2n) is 9.57. The minimum absolute atomic E-state index is 0.127. The third-order valence-corrected chi connectivity index (χ3v) is 5.07. The fourth-order valence-electron chi connectivity index (χ4n) is 3.40. The van der Waals surface area contributed by atoms with E-state index in [9.17, 15) is 14.4 Å². The number of nitrogens with one attached hydrogen (secondary N) is 2. The quantitative estimate of drug-likeness (QED) is 0.337. The summed E-state index contributed by atoms with van der Waals surface area (Å²) in [6, 6.07) is 5.57. The second kappa shape index (κ2) is 13.6. The van der Waals surface area contributed by atoms with Gasteiger partial charge < -0.3 is 20.3 Å².